The van der Waals surface area contributed by atoms with Crippen molar-refractivity contribution in [2.24, 2.45) is 0 Å². The van der Waals surface area contributed by atoms with Gasteiger partial charge in [-0.05, 0) is 41.1 Å². The van der Waals surface area contributed by atoms with Crippen LogP contribution in [0.2, 0.25) is 0 Å². The SMILES string of the molecule is Cc1nc(CCNC(=O)c2ccc(Br)cc2Br)cs1. The minimum absolute atomic E-state index is 0.0775. The zero-order valence-electron chi connectivity index (χ0n) is 10.2. The van der Waals surface area contributed by atoms with Gasteiger partial charge in [-0.15, -0.1) is 11.3 Å². The predicted octanol–water partition coefficient (Wildman–Crippen LogP) is 3.95. The molecule has 0 aliphatic carbocycles. The van der Waals surface area contributed by atoms with Gasteiger partial charge in [0.2, 0.25) is 0 Å². The highest BCUT2D eigenvalue weighted by Gasteiger charge is 2.09. The molecule has 2 aromatic rings. The van der Waals surface area contributed by atoms with E-state index in [0.29, 0.717) is 12.1 Å². The third-order valence-corrected chi connectivity index (χ3v) is 4.48. The normalized spacial score (nSPS) is 10.5. The lowest BCUT2D eigenvalue weighted by Gasteiger charge is -2.06. The van der Waals surface area contributed by atoms with Crippen molar-refractivity contribution < 1.29 is 4.79 Å². The summed E-state index contributed by atoms with van der Waals surface area (Å²) in [6.45, 7) is 2.57. The third-order valence-electron chi connectivity index (χ3n) is 2.51. The van der Waals surface area contributed by atoms with Crippen molar-refractivity contribution in [2.45, 2.75) is 13.3 Å². The summed E-state index contributed by atoms with van der Waals surface area (Å²) in [6, 6.07) is 5.50. The van der Waals surface area contributed by atoms with E-state index in [1.54, 1.807) is 17.4 Å². The maximum atomic E-state index is 12.0. The van der Waals surface area contributed by atoms with Gasteiger partial charge in [-0.3, -0.25) is 4.79 Å². The Bertz CT molecular complexity index is 598. The average molecular weight is 404 g/mol. The molecule has 1 aromatic carbocycles. The number of rotatable bonds is 4. The second-order valence-corrected chi connectivity index (χ2v) is 6.82. The molecule has 0 atom stereocenters. The monoisotopic (exact) mass is 402 g/mol. The van der Waals surface area contributed by atoms with E-state index in [1.165, 1.54) is 0 Å². The molecule has 0 bridgehead atoms. The number of hydrogen-bond donors (Lipinski definition) is 1. The van der Waals surface area contributed by atoms with E-state index in [2.05, 4.69) is 42.2 Å². The zero-order valence-corrected chi connectivity index (χ0v) is 14.2. The highest BCUT2D eigenvalue weighted by molar-refractivity contribution is 9.11. The van der Waals surface area contributed by atoms with E-state index in [9.17, 15) is 4.79 Å². The minimum Gasteiger partial charge on any atom is -0.352 e. The molecule has 6 heteroatoms. The van der Waals surface area contributed by atoms with Gasteiger partial charge in [0.1, 0.15) is 0 Å². The molecule has 0 fully saturated rings. The van der Waals surface area contributed by atoms with Crippen LogP contribution in [0.3, 0.4) is 0 Å². The van der Waals surface area contributed by atoms with Gasteiger partial charge in [-0.2, -0.15) is 0 Å². The number of amides is 1. The second kappa shape index (κ2) is 6.63. The van der Waals surface area contributed by atoms with Crippen molar-refractivity contribution >= 4 is 49.1 Å². The molecular weight excluding hydrogens is 392 g/mol. The van der Waals surface area contributed by atoms with Crippen LogP contribution in [0, 0.1) is 6.92 Å². The van der Waals surface area contributed by atoms with Crippen molar-refractivity contribution in [1.82, 2.24) is 10.3 Å². The number of thiazole rings is 1. The van der Waals surface area contributed by atoms with Crippen LogP contribution >= 0.6 is 43.2 Å². The Labute approximate surface area is 132 Å². The fourth-order valence-electron chi connectivity index (χ4n) is 1.60. The summed E-state index contributed by atoms with van der Waals surface area (Å²) in [7, 11) is 0. The van der Waals surface area contributed by atoms with Gasteiger partial charge in [0.15, 0.2) is 0 Å². The molecule has 0 spiro atoms. The quantitative estimate of drug-likeness (QED) is 0.839. The van der Waals surface area contributed by atoms with E-state index < -0.39 is 0 Å². The lowest BCUT2D eigenvalue weighted by Crippen LogP contribution is -2.26. The molecule has 1 N–H and O–H groups in total. The lowest BCUT2D eigenvalue weighted by atomic mass is 10.2. The summed E-state index contributed by atoms with van der Waals surface area (Å²) in [4.78, 5) is 16.4. The van der Waals surface area contributed by atoms with Crippen LogP contribution in [0.4, 0.5) is 0 Å². The molecule has 1 aromatic heterocycles. The first-order chi connectivity index (χ1) is 9.06. The summed E-state index contributed by atoms with van der Waals surface area (Å²) in [5.41, 5.74) is 1.66. The van der Waals surface area contributed by atoms with E-state index in [1.807, 2.05) is 24.4 Å². The number of aromatic nitrogens is 1. The van der Waals surface area contributed by atoms with Crippen LogP contribution < -0.4 is 5.32 Å². The number of nitrogens with one attached hydrogen (secondary N) is 1. The summed E-state index contributed by atoms with van der Waals surface area (Å²) in [5, 5.41) is 5.97. The molecule has 100 valence electrons. The third kappa shape index (κ3) is 4.12. The maximum Gasteiger partial charge on any atom is 0.252 e. The van der Waals surface area contributed by atoms with Crippen molar-refractivity contribution in [3.63, 3.8) is 0 Å². The molecule has 19 heavy (non-hydrogen) atoms. The first kappa shape index (κ1) is 14.7. The number of carbonyl (C=O) groups is 1. The number of nitrogens with zero attached hydrogens (tertiary/aromatic N) is 1. The van der Waals surface area contributed by atoms with Gasteiger partial charge in [-0.25, -0.2) is 4.98 Å². The molecule has 0 aliphatic rings. The van der Waals surface area contributed by atoms with Crippen molar-refractivity contribution in [3.05, 3.63) is 48.8 Å². The van der Waals surface area contributed by atoms with Crippen molar-refractivity contribution in [3.8, 4) is 0 Å². The Morgan fingerprint density at radius 3 is 2.84 bits per heavy atom. The standard InChI is InChI=1S/C13H12Br2N2OS/c1-8-17-10(7-19-8)4-5-16-13(18)11-3-2-9(14)6-12(11)15/h2-3,6-7H,4-5H2,1H3,(H,16,18). The summed E-state index contributed by atoms with van der Waals surface area (Å²) < 4.78 is 1.72. The van der Waals surface area contributed by atoms with Crippen LogP contribution in [0.1, 0.15) is 21.1 Å². The molecule has 0 saturated carbocycles. The number of aryl methyl sites for hydroxylation is 1. The predicted molar refractivity (Wildman–Crippen MR) is 84.7 cm³/mol. The molecule has 0 unspecified atom stereocenters. The van der Waals surface area contributed by atoms with Gasteiger partial charge in [0.05, 0.1) is 16.3 Å². The molecular formula is C13H12Br2N2OS. The highest BCUT2D eigenvalue weighted by atomic mass is 79.9. The smallest absolute Gasteiger partial charge is 0.252 e. The largest absolute Gasteiger partial charge is 0.352 e. The molecule has 1 heterocycles. The molecule has 2 rings (SSSR count). The molecule has 0 aliphatic heterocycles. The van der Waals surface area contributed by atoms with Crippen molar-refractivity contribution in [1.29, 1.82) is 0 Å². The van der Waals surface area contributed by atoms with Crippen LogP contribution in [0.25, 0.3) is 0 Å². The van der Waals surface area contributed by atoms with Crippen LogP contribution in [0.5, 0.6) is 0 Å². The fourth-order valence-corrected chi connectivity index (χ4v) is 3.47. The summed E-state index contributed by atoms with van der Waals surface area (Å²) in [5.74, 6) is -0.0775. The fraction of sp³-hybridized carbons (Fsp3) is 0.231. The first-order valence-corrected chi connectivity index (χ1v) is 8.17. The maximum absolute atomic E-state index is 12.0. The molecule has 1 amide bonds. The molecule has 0 saturated heterocycles. The van der Waals surface area contributed by atoms with E-state index in [-0.39, 0.29) is 5.91 Å². The Hall–Kier alpha value is -0.720. The summed E-state index contributed by atoms with van der Waals surface area (Å²) in [6.07, 6.45) is 0.754. The van der Waals surface area contributed by atoms with Gasteiger partial charge >= 0.3 is 0 Å². The van der Waals surface area contributed by atoms with Crippen LogP contribution in [0.15, 0.2) is 32.5 Å². The average Bonchev–Trinajstić information content (AvgIpc) is 2.75. The second-order valence-electron chi connectivity index (χ2n) is 3.99. The Kier molecular flexibility index (Phi) is 5.13. The Morgan fingerprint density at radius 1 is 1.42 bits per heavy atom. The van der Waals surface area contributed by atoms with Gasteiger partial charge in [-0.1, -0.05) is 15.9 Å². The number of halogens is 2. The number of benzene rings is 1. The van der Waals surface area contributed by atoms with E-state index in [0.717, 1.165) is 26.1 Å². The van der Waals surface area contributed by atoms with Crippen LogP contribution in [-0.2, 0) is 6.42 Å². The first-order valence-electron chi connectivity index (χ1n) is 5.70. The molecule has 0 radical (unpaired) electrons. The minimum atomic E-state index is -0.0775. The Morgan fingerprint density at radius 2 is 2.21 bits per heavy atom. The Balaban J connectivity index is 1.90. The number of hydrogen-bond acceptors (Lipinski definition) is 3. The van der Waals surface area contributed by atoms with Gasteiger partial charge in [0, 0.05) is 27.3 Å². The van der Waals surface area contributed by atoms with Crippen LogP contribution in [-0.4, -0.2) is 17.4 Å². The van der Waals surface area contributed by atoms with E-state index >= 15 is 0 Å². The van der Waals surface area contributed by atoms with Gasteiger partial charge < -0.3 is 5.32 Å². The van der Waals surface area contributed by atoms with Crippen molar-refractivity contribution in [2.75, 3.05) is 6.54 Å². The highest BCUT2D eigenvalue weighted by Crippen LogP contribution is 2.21. The zero-order chi connectivity index (χ0) is 13.8. The number of carbonyl (C=O) groups excluding carboxylic acids is 1. The van der Waals surface area contributed by atoms with E-state index in [4.69, 9.17) is 0 Å². The van der Waals surface area contributed by atoms with Gasteiger partial charge in [0.25, 0.3) is 5.91 Å². The molecule has 3 nitrogen and oxygen atoms in total. The lowest BCUT2D eigenvalue weighted by molar-refractivity contribution is 0.0953. The topological polar surface area (TPSA) is 42.0 Å². The summed E-state index contributed by atoms with van der Waals surface area (Å²) >= 11 is 8.38.